The van der Waals surface area contributed by atoms with Crippen molar-refractivity contribution in [1.82, 2.24) is 20.1 Å². The Balaban J connectivity index is 1.86. The third kappa shape index (κ3) is 2.38. The molecule has 1 unspecified atom stereocenters. The van der Waals surface area contributed by atoms with E-state index in [1.807, 2.05) is 36.7 Å². The maximum Gasteiger partial charge on any atom is 0.102 e. The van der Waals surface area contributed by atoms with E-state index >= 15 is 0 Å². The fourth-order valence-corrected chi connectivity index (χ4v) is 3.25. The van der Waals surface area contributed by atoms with E-state index in [1.165, 1.54) is 6.42 Å². The molecule has 4 nitrogen and oxygen atoms in total. The van der Waals surface area contributed by atoms with Gasteiger partial charge < -0.3 is 5.32 Å². The van der Waals surface area contributed by atoms with Crippen molar-refractivity contribution in [2.75, 3.05) is 13.1 Å². The lowest BCUT2D eigenvalue weighted by Gasteiger charge is -2.23. The molecule has 112 valence electrons. The lowest BCUT2D eigenvalue weighted by Crippen LogP contribution is -2.32. The number of rotatable bonds is 2. The summed E-state index contributed by atoms with van der Waals surface area (Å²) in [6.45, 7) is 2.07. The van der Waals surface area contributed by atoms with Crippen molar-refractivity contribution in [2.24, 2.45) is 0 Å². The van der Waals surface area contributed by atoms with Gasteiger partial charge in [-0.05, 0) is 37.6 Å². The molecule has 1 N–H and O–H groups in total. The average Bonchev–Trinajstić information content (AvgIpc) is 2.96. The first-order valence-corrected chi connectivity index (χ1v) is 7.99. The van der Waals surface area contributed by atoms with Gasteiger partial charge in [0.2, 0.25) is 0 Å². The van der Waals surface area contributed by atoms with Gasteiger partial charge >= 0.3 is 0 Å². The van der Waals surface area contributed by atoms with Crippen LogP contribution in [0.2, 0.25) is 5.02 Å². The number of halogens is 1. The number of pyridine rings is 1. The second-order valence-electron chi connectivity index (χ2n) is 5.69. The van der Waals surface area contributed by atoms with Crippen LogP contribution in [0.5, 0.6) is 0 Å². The van der Waals surface area contributed by atoms with E-state index in [0.29, 0.717) is 6.04 Å². The minimum Gasteiger partial charge on any atom is -0.315 e. The molecule has 1 fully saturated rings. The lowest BCUT2D eigenvalue weighted by molar-refractivity contribution is 0.355. The molecule has 22 heavy (non-hydrogen) atoms. The average molecular weight is 313 g/mol. The Hall–Kier alpha value is -1.91. The molecule has 0 amide bonds. The predicted octanol–water partition coefficient (Wildman–Crippen LogP) is 3.68. The van der Waals surface area contributed by atoms with E-state index in [4.69, 9.17) is 16.7 Å². The van der Waals surface area contributed by atoms with E-state index in [1.54, 1.807) is 0 Å². The summed E-state index contributed by atoms with van der Waals surface area (Å²) in [5.41, 5.74) is 3.20. The summed E-state index contributed by atoms with van der Waals surface area (Å²) in [6.07, 6.45) is 6.08. The molecule has 0 saturated carbocycles. The van der Waals surface area contributed by atoms with Gasteiger partial charge in [0.05, 0.1) is 11.6 Å². The summed E-state index contributed by atoms with van der Waals surface area (Å²) in [5.74, 6) is 0. The molecule has 1 aliphatic heterocycles. The molecule has 0 aliphatic carbocycles. The maximum absolute atomic E-state index is 6.00. The van der Waals surface area contributed by atoms with Gasteiger partial charge in [-0.2, -0.15) is 5.10 Å². The van der Waals surface area contributed by atoms with Gasteiger partial charge in [-0.15, -0.1) is 0 Å². The molecule has 1 saturated heterocycles. The molecule has 0 radical (unpaired) electrons. The lowest BCUT2D eigenvalue weighted by atomic mass is 10.1. The zero-order valence-electron chi connectivity index (χ0n) is 12.2. The second-order valence-corrected chi connectivity index (χ2v) is 6.13. The predicted molar refractivity (Wildman–Crippen MR) is 89.1 cm³/mol. The van der Waals surface area contributed by atoms with E-state index in [2.05, 4.69) is 21.0 Å². The molecule has 3 heterocycles. The first-order chi connectivity index (χ1) is 10.8. The van der Waals surface area contributed by atoms with Crippen LogP contribution in [0.1, 0.15) is 18.9 Å². The molecule has 2 aromatic heterocycles. The Morgan fingerprint density at radius 1 is 1.18 bits per heavy atom. The third-order valence-electron chi connectivity index (χ3n) is 4.24. The highest BCUT2D eigenvalue weighted by molar-refractivity contribution is 6.30. The SMILES string of the molecule is Clc1ccc(-c2nn(C3CCCNC3)c3ccncc23)cc1. The van der Waals surface area contributed by atoms with E-state index < -0.39 is 0 Å². The van der Waals surface area contributed by atoms with Gasteiger partial charge in [-0.1, -0.05) is 23.7 Å². The van der Waals surface area contributed by atoms with Gasteiger partial charge in [-0.25, -0.2) is 0 Å². The van der Waals surface area contributed by atoms with Gasteiger partial charge in [0.15, 0.2) is 0 Å². The highest BCUT2D eigenvalue weighted by Crippen LogP contribution is 2.31. The molecular weight excluding hydrogens is 296 g/mol. The normalized spacial score (nSPS) is 18.7. The van der Waals surface area contributed by atoms with Gasteiger partial charge in [0, 0.05) is 34.9 Å². The Morgan fingerprint density at radius 3 is 2.82 bits per heavy atom. The Bertz CT molecular complexity index is 788. The zero-order chi connectivity index (χ0) is 14.9. The Labute approximate surface area is 134 Å². The topological polar surface area (TPSA) is 42.7 Å². The van der Waals surface area contributed by atoms with Crippen molar-refractivity contribution in [2.45, 2.75) is 18.9 Å². The van der Waals surface area contributed by atoms with Crippen molar-refractivity contribution in [1.29, 1.82) is 0 Å². The molecular formula is C17H17ClN4. The van der Waals surface area contributed by atoms with Gasteiger partial charge in [0.1, 0.15) is 5.69 Å². The third-order valence-corrected chi connectivity index (χ3v) is 4.49. The van der Waals surface area contributed by atoms with Crippen LogP contribution >= 0.6 is 11.6 Å². The summed E-state index contributed by atoms with van der Waals surface area (Å²) in [5, 5.41) is 10.2. The number of hydrogen-bond donors (Lipinski definition) is 1. The Kier molecular flexibility index (Phi) is 3.56. The maximum atomic E-state index is 6.00. The smallest absolute Gasteiger partial charge is 0.102 e. The number of fused-ring (bicyclic) bond motifs is 1. The van der Waals surface area contributed by atoms with Crippen molar-refractivity contribution in [3.8, 4) is 11.3 Å². The largest absolute Gasteiger partial charge is 0.315 e. The van der Waals surface area contributed by atoms with Crippen LogP contribution in [0.25, 0.3) is 22.2 Å². The van der Waals surface area contributed by atoms with E-state index in [-0.39, 0.29) is 0 Å². The molecule has 1 atom stereocenters. The summed E-state index contributed by atoms with van der Waals surface area (Å²) in [7, 11) is 0. The molecule has 0 spiro atoms. The van der Waals surface area contributed by atoms with Crippen LogP contribution in [0, 0.1) is 0 Å². The van der Waals surface area contributed by atoms with Crippen LogP contribution in [0.4, 0.5) is 0 Å². The summed E-state index contributed by atoms with van der Waals surface area (Å²) < 4.78 is 2.16. The van der Waals surface area contributed by atoms with Gasteiger partial charge in [0.25, 0.3) is 0 Å². The minimum absolute atomic E-state index is 0.403. The van der Waals surface area contributed by atoms with Crippen LogP contribution in [0.3, 0.4) is 0 Å². The van der Waals surface area contributed by atoms with Gasteiger partial charge in [-0.3, -0.25) is 9.67 Å². The van der Waals surface area contributed by atoms with Crippen LogP contribution in [-0.2, 0) is 0 Å². The van der Waals surface area contributed by atoms with E-state index in [0.717, 1.165) is 46.7 Å². The number of nitrogens with one attached hydrogen (secondary N) is 1. The molecule has 5 heteroatoms. The van der Waals surface area contributed by atoms with Crippen molar-refractivity contribution in [3.63, 3.8) is 0 Å². The highest BCUT2D eigenvalue weighted by atomic mass is 35.5. The molecule has 1 aliphatic rings. The molecule has 4 rings (SSSR count). The molecule has 1 aromatic carbocycles. The molecule has 0 bridgehead atoms. The first kappa shape index (κ1) is 13.7. The quantitative estimate of drug-likeness (QED) is 0.785. The summed E-state index contributed by atoms with van der Waals surface area (Å²) in [4.78, 5) is 4.28. The standard InChI is InChI=1S/C17H17ClN4/c18-13-5-3-12(4-6-13)17-15-11-20-9-7-16(15)22(21-17)14-2-1-8-19-10-14/h3-7,9,11,14,19H,1-2,8,10H2. The summed E-state index contributed by atoms with van der Waals surface area (Å²) >= 11 is 6.00. The van der Waals surface area contributed by atoms with Crippen molar-refractivity contribution in [3.05, 3.63) is 47.7 Å². The number of hydrogen-bond acceptors (Lipinski definition) is 3. The monoisotopic (exact) mass is 312 g/mol. The number of piperidine rings is 1. The molecule has 3 aromatic rings. The highest BCUT2D eigenvalue weighted by Gasteiger charge is 2.20. The van der Waals surface area contributed by atoms with Crippen molar-refractivity contribution >= 4 is 22.5 Å². The minimum atomic E-state index is 0.403. The van der Waals surface area contributed by atoms with Crippen molar-refractivity contribution < 1.29 is 0 Å². The fourth-order valence-electron chi connectivity index (χ4n) is 3.13. The number of benzene rings is 1. The second kappa shape index (κ2) is 5.71. The number of nitrogens with zero attached hydrogens (tertiary/aromatic N) is 3. The van der Waals surface area contributed by atoms with Crippen LogP contribution < -0.4 is 5.32 Å². The Morgan fingerprint density at radius 2 is 2.05 bits per heavy atom. The fraction of sp³-hybridized carbons (Fsp3) is 0.294. The number of aromatic nitrogens is 3. The summed E-state index contributed by atoms with van der Waals surface area (Å²) in [6, 6.07) is 10.3. The first-order valence-electron chi connectivity index (χ1n) is 7.62. The van der Waals surface area contributed by atoms with E-state index in [9.17, 15) is 0 Å². The van der Waals surface area contributed by atoms with Crippen LogP contribution in [-0.4, -0.2) is 27.9 Å². The zero-order valence-corrected chi connectivity index (χ0v) is 12.9. The van der Waals surface area contributed by atoms with Crippen LogP contribution in [0.15, 0.2) is 42.7 Å².